The van der Waals surface area contributed by atoms with Gasteiger partial charge in [0.05, 0.1) is 13.2 Å². The molecule has 0 aliphatic carbocycles. The van der Waals surface area contributed by atoms with Crippen LogP contribution in [0.3, 0.4) is 0 Å². The topological polar surface area (TPSA) is 107 Å². The first kappa shape index (κ1) is 30.0. The van der Waals surface area contributed by atoms with Gasteiger partial charge < -0.3 is 23.9 Å². The SMILES string of the molecule is COc1cc(OCC(O)CN2C[C@@H]3C[C@H](C2)c2cccc(=O)n2C3)cc2c1C(=O)O[C@@H](C)CCCC(=O)CCC/C=C/2. The number of aliphatic hydroxyl groups is 1. The van der Waals surface area contributed by atoms with Crippen molar-refractivity contribution in [2.24, 2.45) is 5.92 Å². The number of piperidine rings is 1. The highest BCUT2D eigenvalue weighted by atomic mass is 16.5. The number of pyridine rings is 1. The number of ether oxygens (including phenoxy) is 3. The first-order valence-corrected chi connectivity index (χ1v) is 15.1. The molecule has 1 N–H and O–H groups in total. The maximum absolute atomic E-state index is 13.2. The van der Waals surface area contributed by atoms with Gasteiger partial charge in [-0.1, -0.05) is 18.2 Å². The van der Waals surface area contributed by atoms with E-state index in [-0.39, 0.29) is 30.0 Å². The number of benzene rings is 1. The van der Waals surface area contributed by atoms with Gasteiger partial charge >= 0.3 is 5.97 Å². The van der Waals surface area contributed by atoms with E-state index in [0.717, 1.165) is 31.6 Å². The van der Waals surface area contributed by atoms with Crippen LogP contribution in [-0.4, -0.2) is 71.9 Å². The molecule has 3 aliphatic heterocycles. The van der Waals surface area contributed by atoms with Crippen LogP contribution >= 0.6 is 0 Å². The van der Waals surface area contributed by atoms with Gasteiger partial charge in [-0.25, -0.2) is 4.79 Å². The molecule has 0 spiro atoms. The third kappa shape index (κ3) is 7.31. The molecule has 0 radical (unpaired) electrons. The van der Waals surface area contributed by atoms with Crippen LogP contribution in [0.4, 0.5) is 0 Å². The summed E-state index contributed by atoms with van der Waals surface area (Å²) in [5.41, 5.74) is 2.09. The van der Waals surface area contributed by atoms with Gasteiger partial charge in [0, 0.05) is 62.8 Å². The van der Waals surface area contributed by atoms with Gasteiger partial charge in [-0.05, 0) is 62.6 Å². The highest BCUT2D eigenvalue weighted by molar-refractivity contribution is 5.97. The van der Waals surface area contributed by atoms with Crippen LogP contribution in [0.2, 0.25) is 0 Å². The highest BCUT2D eigenvalue weighted by Crippen LogP contribution is 2.35. The lowest BCUT2D eigenvalue weighted by Gasteiger charge is -2.43. The van der Waals surface area contributed by atoms with Gasteiger partial charge in [-0.15, -0.1) is 0 Å². The second-order valence-electron chi connectivity index (χ2n) is 11.9. The van der Waals surface area contributed by atoms with Crippen LogP contribution < -0.4 is 15.0 Å². The number of allylic oxidation sites excluding steroid dienone is 1. The molecule has 42 heavy (non-hydrogen) atoms. The number of hydrogen-bond donors (Lipinski definition) is 1. The molecule has 3 aliphatic rings. The Morgan fingerprint density at radius 3 is 2.76 bits per heavy atom. The third-order valence-corrected chi connectivity index (χ3v) is 8.50. The van der Waals surface area contributed by atoms with Crippen molar-refractivity contribution in [3.05, 3.63) is 63.6 Å². The number of aromatic nitrogens is 1. The summed E-state index contributed by atoms with van der Waals surface area (Å²) < 4.78 is 19.2. The summed E-state index contributed by atoms with van der Waals surface area (Å²) in [4.78, 5) is 39.9. The van der Waals surface area contributed by atoms with Crippen molar-refractivity contribution in [3.63, 3.8) is 0 Å². The Bertz CT molecular complexity index is 1370. The minimum Gasteiger partial charge on any atom is -0.496 e. The maximum Gasteiger partial charge on any atom is 0.342 e. The number of ketones is 1. The first-order chi connectivity index (χ1) is 20.3. The quantitative estimate of drug-likeness (QED) is 0.509. The summed E-state index contributed by atoms with van der Waals surface area (Å²) in [7, 11) is 1.51. The Morgan fingerprint density at radius 1 is 1.10 bits per heavy atom. The Hall–Kier alpha value is -3.43. The number of cyclic esters (lactones) is 1. The van der Waals surface area contributed by atoms with Crippen LogP contribution in [-0.2, 0) is 16.1 Å². The summed E-state index contributed by atoms with van der Waals surface area (Å²) >= 11 is 0. The average Bonchev–Trinajstić information content (AvgIpc) is 2.95. The second kappa shape index (κ2) is 13.7. The molecule has 1 aromatic heterocycles. The summed E-state index contributed by atoms with van der Waals surface area (Å²) in [6.07, 6.45) is 7.63. The standard InChI is InChI=1S/C33H42N2O7/c1-22-8-6-11-26(36)10-5-3-4-9-24-15-28(16-30(40-2)32(24)33(39)42-22)41-21-27(37)20-34-17-23-14-25(19-34)29-12-7-13-31(38)35(29)18-23/h4,7,9,12-13,15-16,22-23,25,27,37H,3,5-6,8,10-11,14,17-21H2,1-2H3/b9-4+/t22-,23-,25+,27?/m0/s1. The van der Waals surface area contributed by atoms with E-state index in [1.165, 1.54) is 7.11 Å². The van der Waals surface area contributed by atoms with E-state index in [1.54, 1.807) is 18.2 Å². The van der Waals surface area contributed by atoms with Gasteiger partial charge in [0.2, 0.25) is 0 Å². The van der Waals surface area contributed by atoms with Crippen LogP contribution in [0.5, 0.6) is 11.5 Å². The summed E-state index contributed by atoms with van der Waals surface area (Å²) in [5.74, 6) is 1.25. The Kier molecular flexibility index (Phi) is 9.80. The number of likely N-dealkylation sites (tertiary alicyclic amines) is 1. The molecule has 2 bridgehead atoms. The molecule has 4 atom stereocenters. The van der Waals surface area contributed by atoms with Crippen molar-refractivity contribution in [3.8, 4) is 11.5 Å². The van der Waals surface area contributed by atoms with Crippen molar-refractivity contribution in [1.82, 2.24) is 9.47 Å². The molecule has 226 valence electrons. The number of esters is 1. The number of aliphatic hydroxyl groups excluding tert-OH is 1. The highest BCUT2D eigenvalue weighted by Gasteiger charge is 2.35. The molecule has 0 saturated carbocycles. The second-order valence-corrected chi connectivity index (χ2v) is 11.9. The van der Waals surface area contributed by atoms with Gasteiger partial charge in [0.1, 0.15) is 35.6 Å². The molecule has 4 heterocycles. The largest absolute Gasteiger partial charge is 0.496 e. The number of hydrogen-bond acceptors (Lipinski definition) is 8. The van der Waals surface area contributed by atoms with Crippen LogP contribution in [0.1, 0.15) is 79.4 Å². The zero-order valence-corrected chi connectivity index (χ0v) is 24.6. The predicted molar refractivity (Wildman–Crippen MR) is 159 cm³/mol. The Morgan fingerprint density at radius 2 is 1.93 bits per heavy atom. The predicted octanol–water partition coefficient (Wildman–Crippen LogP) is 4.20. The first-order valence-electron chi connectivity index (χ1n) is 15.1. The lowest BCUT2D eigenvalue weighted by atomic mass is 9.83. The van der Waals surface area contributed by atoms with E-state index < -0.39 is 12.1 Å². The van der Waals surface area contributed by atoms with Crippen molar-refractivity contribution in [1.29, 1.82) is 0 Å². The summed E-state index contributed by atoms with van der Waals surface area (Å²) in [6.45, 7) is 4.72. The molecular formula is C33H42N2O7. The number of carbonyl (C=O) groups is 2. The Balaban J connectivity index is 1.26. The smallest absolute Gasteiger partial charge is 0.342 e. The third-order valence-electron chi connectivity index (χ3n) is 8.50. The van der Waals surface area contributed by atoms with Crippen LogP contribution in [0, 0.1) is 5.92 Å². The number of fused-ring (bicyclic) bond motifs is 5. The fourth-order valence-corrected chi connectivity index (χ4v) is 6.53. The van der Waals surface area contributed by atoms with E-state index in [2.05, 4.69) is 4.90 Å². The van der Waals surface area contributed by atoms with E-state index in [0.29, 0.717) is 73.7 Å². The lowest BCUT2D eigenvalue weighted by molar-refractivity contribution is -0.119. The Labute approximate surface area is 247 Å². The lowest BCUT2D eigenvalue weighted by Crippen LogP contribution is -2.49. The van der Waals surface area contributed by atoms with Crippen molar-refractivity contribution in [2.75, 3.05) is 33.4 Å². The number of carbonyl (C=O) groups excluding carboxylic acids is 2. The van der Waals surface area contributed by atoms with Gasteiger partial charge in [-0.3, -0.25) is 14.5 Å². The fourth-order valence-electron chi connectivity index (χ4n) is 6.53. The molecule has 1 aromatic carbocycles. The van der Waals surface area contributed by atoms with Crippen molar-refractivity contribution < 1.29 is 28.9 Å². The molecular weight excluding hydrogens is 536 g/mol. The van der Waals surface area contributed by atoms with Gasteiger partial charge in [0.25, 0.3) is 5.56 Å². The number of nitrogens with zero attached hydrogens (tertiary/aromatic N) is 2. The molecule has 0 amide bonds. The van der Waals surface area contributed by atoms with Gasteiger partial charge in [0.15, 0.2) is 0 Å². The zero-order chi connectivity index (χ0) is 29.6. The summed E-state index contributed by atoms with van der Waals surface area (Å²) in [5, 5.41) is 10.9. The zero-order valence-electron chi connectivity index (χ0n) is 24.6. The minimum absolute atomic E-state index is 0.0618. The summed E-state index contributed by atoms with van der Waals surface area (Å²) in [6, 6.07) is 8.92. The van der Waals surface area contributed by atoms with E-state index in [9.17, 15) is 19.5 Å². The van der Waals surface area contributed by atoms with E-state index in [4.69, 9.17) is 14.2 Å². The van der Waals surface area contributed by atoms with E-state index >= 15 is 0 Å². The molecule has 9 nitrogen and oxygen atoms in total. The molecule has 1 unspecified atom stereocenters. The maximum atomic E-state index is 13.2. The molecule has 5 rings (SSSR count). The molecule has 1 saturated heterocycles. The molecule has 2 aromatic rings. The van der Waals surface area contributed by atoms with Crippen molar-refractivity contribution >= 4 is 17.8 Å². The average molecular weight is 579 g/mol. The fraction of sp³-hybridized carbons (Fsp3) is 0.545. The van der Waals surface area contributed by atoms with E-state index in [1.807, 2.05) is 35.8 Å². The van der Waals surface area contributed by atoms with Crippen molar-refractivity contribution in [2.45, 2.75) is 76.5 Å². The normalized spacial score (nSPS) is 24.9. The number of methoxy groups -OCH3 is 1. The monoisotopic (exact) mass is 578 g/mol. The number of Topliss-reactive ketones (excluding diaryl/α,β-unsaturated/α-hetero) is 1. The number of rotatable bonds is 6. The minimum atomic E-state index is -0.722. The van der Waals surface area contributed by atoms with Crippen LogP contribution in [0.15, 0.2) is 41.2 Å². The van der Waals surface area contributed by atoms with Crippen LogP contribution in [0.25, 0.3) is 6.08 Å². The van der Waals surface area contributed by atoms with Gasteiger partial charge in [-0.2, -0.15) is 0 Å². The molecule has 1 fully saturated rings. The molecule has 9 heteroatoms. The number of β-amino-alcohol motifs (C(OH)–C–C–N with tert-alkyl or cyclic N) is 1.